The molecule has 4 heteroatoms. The number of allylic oxidation sites excluding steroid dienone is 1. The number of carbonyl (C=O) groups is 1. The number of hydrogen-bond acceptors (Lipinski definition) is 4. The maximum absolute atomic E-state index is 11.5. The Bertz CT molecular complexity index is 707. The van der Waals surface area contributed by atoms with Crippen LogP contribution >= 0.6 is 36.2 Å². The average Bonchev–Trinajstić information content (AvgIpc) is 3.07. The quantitative estimate of drug-likeness (QED) is 0.540. The molecule has 1 heterocycles. The fourth-order valence-electron chi connectivity index (χ4n) is 2.84. The van der Waals surface area contributed by atoms with Crippen LogP contribution in [-0.4, -0.2) is 22.0 Å². The molecule has 0 N–H and O–H groups in total. The van der Waals surface area contributed by atoms with Crippen LogP contribution in [0.4, 0.5) is 0 Å². The first-order valence-electron chi connectivity index (χ1n) is 7.78. The van der Waals surface area contributed by atoms with Crippen molar-refractivity contribution < 1.29 is 4.79 Å². The van der Waals surface area contributed by atoms with Gasteiger partial charge in [0.1, 0.15) is 0 Å². The lowest BCUT2D eigenvalue weighted by Gasteiger charge is -2.14. The predicted octanol–water partition coefficient (Wildman–Crippen LogP) is 5.52. The third kappa shape index (κ3) is 3.98. The van der Waals surface area contributed by atoms with E-state index in [1.165, 1.54) is 22.4 Å². The molecule has 0 bridgehead atoms. The second kappa shape index (κ2) is 7.82. The number of thiol groups is 1. The molecule has 1 nitrogen and oxygen atoms in total. The topological polar surface area (TPSA) is 17.1 Å². The van der Waals surface area contributed by atoms with Crippen molar-refractivity contribution in [1.29, 1.82) is 0 Å². The molecule has 1 aliphatic heterocycles. The number of ketones is 1. The van der Waals surface area contributed by atoms with Crippen molar-refractivity contribution in [1.82, 2.24) is 0 Å². The van der Waals surface area contributed by atoms with Gasteiger partial charge in [-0.25, -0.2) is 0 Å². The first-order chi connectivity index (χ1) is 11.2. The van der Waals surface area contributed by atoms with Gasteiger partial charge in [0, 0.05) is 11.0 Å². The first kappa shape index (κ1) is 17.0. The van der Waals surface area contributed by atoms with Crippen LogP contribution in [0.25, 0.3) is 10.8 Å². The Morgan fingerprint density at radius 2 is 2.09 bits per heavy atom. The molecule has 1 saturated heterocycles. The van der Waals surface area contributed by atoms with E-state index in [0.717, 1.165) is 18.6 Å². The maximum atomic E-state index is 11.5. The molecule has 0 spiro atoms. The summed E-state index contributed by atoms with van der Waals surface area (Å²) >= 11 is 8.43. The van der Waals surface area contributed by atoms with Crippen molar-refractivity contribution in [3.63, 3.8) is 0 Å². The summed E-state index contributed by atoms with van der Waals surface area (Å²) < 4.78 is 0.486. The maximum Gasteiger partial charge on any atom is 0.167 e. The largest absolute Gasteiger partial charge is 0.294 e. The highest BCUT2D eigenvalue weighted by molar-refractivity contribution is 8.19. The molecule has 0 aliphatic carbocycles. The van der Waals surface area contributed by atoms with E-state index in [2.05, 4.69) is 61.7 Å². The van der Waals surface area contributed by atoms with Gasteiger partial charge in [-0.2, -0.15) is 12.6 Å². The number of benzene rings is 2. The summed E-state index contributed by atoms with van der Waals surface area (Å²) in [5, 5.41) is 3.06. The number of fused-ring (bicyclic) bond motifs is 1. The van der Waals surface area contributed by atoms with Gasteiger partial charge in [-0.3, -0.25) is 4.79 Å². The van der Waals surface area contributed by atoms with E-state index in [9.17, 15) is 4.79 Å². The fraction of sp³-hybridized carbons (Fsp3) is 0.316. The molecule has 1 aliphatic rings. The summed E-state index contributed by atoms with van der Waals surface area (Å²) in [4.78, 5) is 11.5. The van der Waals surface area contributed by atoms with E-state index in [0.29, 0.717) is 9.83 Å². The lowest BCUT2D eigenvalue weighted by atomic mass is 10.1. The average molecular weight is 361 g/mol. The van der Waals surface area contributed by atoms with E-state index in [4.69, 9.17) is 0 Å². The standard InChI is InChI=1S/C19H20OS3/c1-2-17(20)18(21)11-10-14-12-22-19(23-14)16-9-5-7-13-6-3-4-8-15(13)16/h2-9,14,18-19,21H,1,10-12H2/t14?,18?,19-/m0/s1. The SMILES string of the molecule is C=CC(=O)C(S)CCC1CS[C@H](c2cccc3ccccc23)S1. The highest BCUT2D eigenvalue weighted by Gasteiger charge is 2.28. The van der Waals surface area contributed by atoms with Crippen LogP contribution in [0.15, 0.2) is 55.1 Å². The van der Waals surface area contributed by atoms with Gasteiger partial charge in [-0.05, 0) is 35.3 Å². The van der Waals surface area contributed by atoms with Crippen molar-refractivity contribution in [2.45, 2.75) is 27.9 Å². The summed E-state index contributed by atoms with van der Waals surface area (Å²) in [6.45, 7) is 3.53. The summed E-state index contributed by atoms with van der Waals surface area (Å²) in [6.07, 6.45) is 3.24. The Labute approximate surface area is 151 Å². The normalized spacial score (nSPS) is 22.1. The van der Waals surface area contributed by atoms with E-state index in [1.54, 1.807) is 0 Å². The molecule has 23 heavy (non-hydrogen) atoms. The van der Waals surface area contributed by atoms with Crippen molar-refractivity contribution in [3.8, 4) is 0 Å². The Morgan fingerprint density at radius 1 is 1.30 bits per heavy atom. The predicted molar refractivity (Wildman–Crippen MR) is 108 cm³/mol. The van der Waals surface area contributed by atoms with Crippen LogP contribution in [0.2, 0.25) is 0 Å². The Balaban J connectivity index is 1.65. The van der Waals surface area contributed by atoms with Crippen LogP contribution in [0.1, 0.15) is 23.0 Å². The zero-order chi connectivity index (χ0) is 16.2. The summed E-state index contributed by atoms with van der Waals surface area (Å²) in [5.41, 5.74) is 1.42. The second-order valence-corrected chi connectivity index (χ2v) is 9.16. The lowest BCUT2D eigenvalue weighted by molar-refractivity contribution is -0.114. The molecule has 2 aromatic carbocycles. The van der Waals surface area contributed by atoms with Gasteiger partial charge in [0.2, 0.25) is 0 Å². The van der Waals surface area contributed by atoms with Crippen molar-refractivity contribution in [3.05, 3.63) is 60.7 Å². The molecular weight excluding hydrogens is 340 g/mol. The summed E-state index contributed by atoms with van der Waals surface area (Å²) in [6, 6.07) is 15.2. The van der Waals surface area contributed by atoms with Crippen molar-refractivity contribution in [2.75, 3.05) is 5.75 Å². The molecule has 2 unspecified atom stereocenters. The minimum Gasteiger partial charge on any atom is -0.294 e. The van der Waals surface area contributed by atoms with Crippen LogP contribution in [-0.2, 0) is 4.79 Å². The zero-order valence-corrected chi connectivity index (χ0v) is 15.4. The highest BCUT2D eigenvalue weighted by Crippen LogP contribution is 2.52. The molecule has 3 atom stereocenters. The van der Waals surface area contributed by atoms with E-state index < -0.39 is 0 Å². The van der Waals surface area contributed by atoms with Gasteiger partial charge in [-0.1, -0.05) is 49.0 Å². The first-order valence-corrected chi connectivity index (χ1v) is 10.3. The second-order valence-electron chi connectivity index (χ2n) is 5.69. The third-order valence-electron chi connectivity index (χ3n) is 4.12. The lowest BCUT2D eigenvalue weighted by Crippen LogP contribution is -2.14. The van der Waals surface area contributed by atoms with E-state index >= 15 is 0 Å². The minimum atomic E-state index is -0.199. The summed E-state index contributed by atoms with van der Waals surface area (Å²) in [7, 11) is 0. The van der Waals surface area contributed by atoms with Crippen molar-refractivity contribution >= 4 is 52.7 Å². The van der Waals surface area contributed by atoms with Crippen LogP contribution < -0.4 is 0 Å². The van der Waals surface area contributed by atoms with Gasteiger partial charge in [-0.15, -0.1) is 23.5 Å². The van der Waals surface area contributed by atoms with E-state index in [1.807, 2.05) is 23.5 Å². The highest BCUT2D eigenvalue weighted by atomic mass is 32.2. The van der Waals surface area contributed by atoms with Gasteiger partial charge >= 0.3 is 0 Å². The van der Waals surface area contributed by atoms with Gasteiger partial charge < -0.3 is 0 Å². The molecule has 120 valence electrons. The molecule has 2 aromatic rings. The van der Waals surface area contributed by atoms with Gasteiger partial charge in [0.05, 0.1) is 9.83 Å². The monoisotopic (exact) mass is 360 g/mol. The Morgan fingerprint density at radius 3 is 2.91 bits per heavy atom. The van der Waals surface area contributed by atoms with Crippen LogP contribution in [0.5, 0.6) is 0 Å². The Hall–Kier alpha value is -0.840. The van der Waals surface area contributed by atoms with Gasteiger partial charge in [0.15, 0.2) is 5.78 Å². The number of hydrogen-bond donors (Lipinski definition) is 1. The number of rotatable bonds is 6. The fourth-order valence-corrected chi connectivity index (χ4v) is 6.58. The van der Waals surface area contributed by atoms with Crippen LogP contribution in [0, 0.1) is 0 Å². The molecule has 0 radical (unpaired) electrons. The zero-order valence-electron chi connectivity index (χ0n) is 12.9. The number of thioether (sulfide) groups is 2. The molecular formula is C19H20OS3. The third-order valence-corrected chi connectivity index (χ3v) is 8.02. The minimum absolute atomic E-state index is 0.0367. The molecule has 0 aromatic heterocycles. The number of carbonyl (C=O) groups excluding carboxylic acids is 1. The molecule has 0 amide bonds. The Kier molecular flexibility index (Phi) is 5.78. The van der Waals surface area contributed by atoms with E-state index in [-0.39, 0.29) is 11.0 Å². The van der Waals surface area contributed by atoms with Crippen LogP contribution in [0.3, 0.4) is 0 Å². The smallest absolute Gasteiger partial charge is 0.167 e. The van der Waals surface area contributed by atoms with Crippen molar-refractivity contribution in [2.24, 2.45) is 0 Å². The van der Waals surface area contributed by atoms with Gasteiger partial charge in [0.25, 0.3) is 0 Å². The summed E-state index contributed by atoms with van der Waals surface area (Å²) in [5.74, 6) is 1.18. The molecule has 3 rings (SSSR count). The molecule has 1 fully saturated rings. The molecule has 0 saturated carbocycles.